The lowest BCUT2D eigenvalue weighted by atomic mass is 10.3. The number of ether oxygens (including phenoxy) is 2. The molecule has 1 aromatic heterocycles. The molecule has 0 spiro atoms. The van der Waals surface area contributed by atoms with Crippen molar-refractivity contribution in [3.63, 3.8) is 0 Å². The van der Waals surface area contributed by atoms with E-state index in [2.05, 4.69) is 25.6 Å². The van der Waals surface area contributed by atoms with Crippen molar-refractivity contribution >= 4 is 31.6 Å². The average Bonchev–Trinajstić information content (AvgIpc) is 2.47. The van der Waals surface area contributed by atoms with Crippen molar-refractivity contribution in [2.45, 2.75) is 4.90 Å². The molecule has 1 aromatic carbocycles. The van der Waals surface area contributed by atoms with Gasteiger partial charge in [0.25, 0.3) is 10.0 Å². The molecule has 1 aliphatic heterocycles. The first-order valence-electron chi connectivity index (χ1n) is 6.08. The molecule has 2 aromatic rings. The maximum atomic E-state index is 12.3. The number of nitrogens with one attached hydrogen (secondary N) is 1. The van der Waals surface area contributed by atoms with Gasteiger partial charge in [-0.3, -0.25) is 9.71 Å². The topological polar surface area (TPSA) is 77.5 Å². The van der Waals surface area contributed by atoms with E-state index in [1.54, 1.807) is 18.2 Å². The van der Waals surface area contributed by atoms with Crippen molar-refractivity contribution in [3.8, 4) is 11.5 Å². The Balaban J connectivity index is 1.89. The van der Waals surface area contributed by atoms with Crippen molar-refractivity contribution in [1.82, 2.24) is 4.98 Å². The molecule has 0 bridgehead atoms. The second-order valence-electron chi connectivity index (χ2n) is 4.30. The van der Waals surface area contributed by atoms with E-state index in [-0.39, 0.29) is 4.90 Å². The third-order valence-electron chi connectivity index (χ3n) is 2.78. The van der Waals surface area contributed by atoms with E-state index in [1.807, 2.05) is 0 Å². The smallest absolute Gasteiger partial charge is 0.263 e. The van der Waals surface area contributed by atoms with Crippen LogP contribution in [0.25, 0.3) is 0 Å². The molecule has 0 radical (unpaired) electrons. The lowest BCUT2D eigenvalue weighted by Gasteiger charge is -2.19. The third-order valence-corrected chi connectivity index (χ3v) is 4.57. The summed E-state index contributed by atoms with van der Waals surface area (Å²) in [7, 11) is -3.70. The zero-order valence-electron chi connectivity index (χ0n) is 10.7. The van der Waals surface area contributed by atoms with Crippen LogP contribution in [0, 0.1) is 0 Å². The Morgan fingerprint density at radius 3 is 2.62 bits per heavy atom. The van der Waals surface area contributed by atoms with Crippen LogP contribution in [0.15, 0.2) is 46.0 Å². The molecule has 0 atom stereocenters. The van der Waals surface area contributed by atoms with Crippen molar-refractivity contribution in [1.29, 1.82) is 0 Å². The molecule has 0 saturated heterocycles. The zero-order chi connectivity index (χ0) is 14.9. The molecule has 0 unspecified atom stereocenters. The predicted octanol–water partition coefficient (Wildman–Crippen LogP) is 2.42. The summed E-state index contributed by atoms with van der Waals surface area (Å²) in [6, 6.07) is 6.37. The maximum Gasteiger partial charge on any atom is 0.263 e. The van der Waals surface area contributed by atoms with Gasteiger partial charge in [-0.15, -0.1) is 0 Å². The summed E-state index contributed by atoms with van der Waals surface area (Å²) < 4.78 is 38.4. The number of hydrogen-bond donors (Lipinski definition) is 1. The highest BCUT2D eigenvalue weighted by molar-refractivity contribution is 9.10. The third kappa shape index (κ3) is 3.11. The molecule has 110 valence electrons. The van der Waals surface area contributed by atoms with Crippen molar-refractivity contribution in [3.05, 3.63) is 41.1 Å². The first kappa shape index (κ1) is 14.2. The highest BCUT2D eigenvalue weighted by Crippen LogP contribution is 2.33. The molecule has 0 fully saturated rings. The fraction of sp³-hybridized carbons (Fsp3) is 0.154. The highest BCUT2D eigenvalue weighted by atomic mass is 79.9. The van der Waals surface area contributed by atoms with Gasteiger partial charge in [-0.25, -0.2) is 8.42 Å². The second-order valence-corrected chi connectivity index (χ2v) is 6.90. The summed E-state index contributed by atoms with van der Waals surface area (Å²) in [6.07, 6.45) is 2.80. The van der Waals surface area contributed by atoms with Crippen LogP contribution in [-0.2, 0) is 10.0 Å². The number of nitrogens with zero attached hydrogens (tertiary/aromatic N) is 1. The van der Waals surface area contributed by atoms with Crippen LogP contribution in [-0.4, -0.2) is 26.6 Å². The lowest BCUT2D eigenvalue weighted by Crippen LogP contribution is -2.16. The van der Waals surface area contributed by atoms with Gasteiger partial charge < -0.3 is 9.47 Å². The number of rotatable bonds is 3. The first-order chi connectivity index (χ1) is 10.0. The minimum atomic E-state index is -3.70. The fourth-order valence-corrected chi connectivity index (χ4v) is 3.41. The lowest BCUT2D eigenvalue weighted by molar-refractivity contribution is 0.171. The fourth-order valence-electron chi connectivity index (χ4n) is 1.86. The molecular formula is C13H11BrN2O4S. The van der Waals surface area contributed by atoms with E-state index in [1.165, 1.54) is 18.5 Å². The quantitative estimate of drug-likeness (QED) is 0.897. The second kappa shape index (κ2) is 5.53. The van der Waals surface area contributed by atoms with Crippen LogP contribution in [0.1, 0.15) is 0 Å². The first-order valence-corrected chi connectivity index (χ1v) is 8.35. The van der Waals surface area contributed by atoms with Gasteiger partial charge in [0.2, 0.25) is 0 Å². The van der Waals surface area contributed by atoms with Crippen LogP contribution < -0.4 is 14.2 Å². The molecule has 3 rings (SSSR count). The summed E-state index contributed by atoms with van der Waals surface area (Å²) in [4.78, 5) is 3.93. The highest BCUT2D eigenvalue weighted by Gasteiger charge is 2.17. The standard InChI is InChI=1S/C13H11BrN2O4S/c14-9-5-11(8-15-7-9)21(17,18)16-10-1-2-12-13(6-10)20-4-3-19-12/h1-2,5-8,16H,3-4H2. The van der Waals surface area contributed by atoms with Gasteiger partial charge in [0.05, 0.1) is 5.69 Å². The van der Waals surface area contributed by atoms with E-state index < -0.39 is 10.0 Å². The van der Waals surface area contributed by atoms with Crippen molar-refractivity contribution in [2.75, 3.05) is 17.9 Å². The van der Waals surface area contributed by atoms with Crippen LogP contribution in [0.4, 0.5) is 5.69 Å². The van der Waals surface area contributed by atoms with Gasteiger partial charge in [-0.1, -0.05) is 0 Å². The Morgan fingerprint density at radius 1 is 1.10 bits per heavy atom. The number of benzene rings is 1. The van der Waals surface area contributed by atoms with Gasteiger partial charge in [0.15, 0.2) is 11.5 Å². The Bertz CT molecular complexity index is 779. The SMILES string of the molecule is O=S(=O)(Nc1ccc2c(c1)OCCO2)c1cncc(Br)c1. The molecule has 21 heavy (non-hydrogen) atoms. The van der Waals surface area contributed by atoms with Crippen molar-refractivity contribution in [2.24, 2.45) is 0 Å². The van der Waals surface area contributed by atoms with E-state index in [0.717, 1.165) is 0 Å². The molecule has 0 saturated carbocycles. The maximum absolute atomic E-state index is 12.3. The van der Waals surface area contributed by atoms with Gasteiger partial charge in [0.1, 0.15) is 18.1 Å². The molecule has 1 N–H and O–H groups in total. The number of halogens is 1. The minimum absolute atomic E-state index is 0.0757. The zero-order valence-corrected chi connectivity index (χ0v) is 13.1. The molecule has 1 aliphatic rings. The molecule has 0 aliphatic carbocycles. The Labute approximate surface area is 130 Å². The number of anilines is 1. The van der Waals surface area contributed by atoms with E-state index in [0.29, 0.717) is 34.9 Å². The molecule has 8 heteroatoms. The summed E-state index contributed by atoms with van der Waals surface area (Å²) in [6.45, 7) is 0.931. The molecule has 6 nitrogen and oxygen atoms in total. The number of aromatic nitrogens is 1. The largest absolute Gasteiger partial charge is 0.486 e. The number of hydrogen-bond acceptors (Lipinski definition) is 5. The van der Waals surface area contributed by atoms with Crippen molar-refractivity contribution < 1.29 is 17.9 Å². The Hall–Kier alpha value is -1.80. The van der Waals surface area contributed by atoms with Crippen LogP contribution in [0.2, 0.25) is 0 Å². The van der Waals surface area contributed by atoms with Crippen LogP contribution in [0.5, 0.6) is 11.5 Å². The number of sulfonamides is 1. The van der Waals surface area contributed by atoms with Gasteiger partial charge >= 0.3 is 0 Å². The summed E-state index contributed by atoms with van der Waals surface area (Å²) in [5.74, 6) is 1.13. The summed E-state index contributed by atoms with van der Waals surface area (Å²) >= 11 is 3.20. The van der Waals surface area contributed by atoms with Gasteiger partial charge in [0, 0.05) is 22.9 Å². The Morgan fingerprint density at radius 2 is 1.86 bits per heavy atom. The summed E-state index contributed by atoms with van der Waals surface area (Å²) in [5, 5.41) is 0. The number of pyridine rings is 1. The average molecular weight is 371 g/mol. The van der Waals surface area contributed by atoms with E-state index in [9.17, 15) is 8.42 Å². The van der Waals surface area contributed by atoms with Gasteiger partial charge in [-0.2, -0.15) is 0 Å². The van der Waals surface area contributed by atoms with E-state index in [4.69, 9.17) is 9.47 Å². The Kier molecular flexibility index (Phi) is 3.73. The normalized spacial score (nSPS) is 13.8. The molecular weight excluding hydrogens is 360 g/mol. The van der Waals surface area contributed by atoms with Crippen LogP contribution >= 0.6 is 15.9 Å². The predicted molar refractivity (Wildman–Crippen MR) is 80.2 cm³/mol. The van der Waals surface area contributed by atoms with Gasteiger partial charge in [-0.05, 0) is 34.1 Å². The van der Waals surface area contributed by atoms with Crippen LogP contribution in [0.3, 0.4) is 0 Å². The summed E-state index contributed by atoms with van der Waals surface area (Å²) in [5.41, 5.74) is 0.402. The molecule has 2 heterocycles. The minimum Gasteiger partial charge on any atom is -0.486 e. The molecule has 0 amide bonds. The number of fused-ring (bicyclic) bond motifs is 1. The van der Waals surface area contributed by atoms with E-state index >= 15 is 0 Å². The monoisotopic (exact) mass is 370 g/mol.